The number of rotatable bonds is 4. The number of carbonyl (C=O) groups is 1. The maximum Gasteiger partial charge on any atom is 0.336 e. The van der Waals surface area contributed by atoms with Crippen molar-refractivity contribution in [1.29, 1.82) is 0 Å². The molecule has 5 atom stereocenters. The summed E-state index contributed by atoms with van der Waals surface area (Å²) in [6, 6.07) is 5.57. The number of amides is 1. The van der Waals surface area contributed by atoms with Gasteiger partial charge in [-0.15, -0.1) is 5.10 Å². The lowest BCUT2D eigenvalue weighted by Crippen LogP contribution is -2.64. The zero-order valence-corrected chi connectivity index (χ0v) is 18.7. The predicted octanol–water partition coefficient (Wildman–Crippen LogP) is -1.15. The van der Waals surface area contributed by atoms with Crippen molar-refractivity contribution in [3.8, 4) is 11.3 Å². The lowest BCUT2D eigenvalue weighted by atomic mass is 9.92. The topological polar surface area (TPSA) is 180 Å². The summed E-state index contributed by atoms with van der Waals surface area (Å²) < 4.78 is 11.9. The van der Waals surface area contributed by atoms with Gasteiger partial charge in [0.25, 0.3) is 0 Å². The van der Waals surface area contributed by atoms with E-state index in [4.69, 9.17) is 9.15 Å². The number of hydrogen-bond donors (Lipinski definition) is 5. The molecule has 1 aromatic carbocycles. The van der Waals surface area contributed by atoms with Crippen LogP contribution in [0.3, 0.4) is 0 Å². The maximum atomic E-state index is 12.8. The van der Waals surface area contributed by atoms with Gasteiger partial charge in [0.15, 0.2) is 6.29 Å². The molecule has 12 nitrogen and oxygen atoms in total. The van der Waals surface area contributed by atoms with Gasteiger partial charge in [-0.25, -0.2) is 9.48 Å². The van der Waals surface area contributed by atoms with Gasteiger partial charge in [0.05, 0.1) is 12.3 Å². The molecule has 12 heteroatoms. The smallest absolute Gasteiger partial charge is 0.336 e. The molecule has 1 fully saturated rings. The molecule has 186 valence electrons. The Morgan fingerprint density at radius 2 is 1.94 bits per heavy atom. The van der Waals surface area contributed by atoms with Gasteiger partial charge >= 0.3 is 5.63 Å². The highest BCUT2D eigenvalue weighted by Gasteiger charge is 2.44. The fraction of sp³-hybridized carbons (Fsp3) is 0.478. The van der Waals surface area contributed by atoms with Crippen LogP contribution in [0.4, 0.5) is 0 Å². The lowest BCUT2D eigenvalue weighted by Gasteiger charge is -2.40. The number of nitrogens with one attached hydrogen (secondary N) is 1. The van der Waals surface area contributed by atoms with Crippen LogP contribution in [0.1, 0.15) is 24.1 Å². The number of aliphatic hydroxyl groups is 4. The first-order chi connectivity index (χ1) is 16.9. The zero-order valence-electron chi connectivity index (χ0n) is 18.7. The molecule has 3 unspecified atom stereocenters. The van der Waals surface area contributed by atoms with Gasteiger partial charge in [-0.05, 0) is 49.4 Å². The third-order valence-electron chi connectivity index (χ3n) is 6.57. The largest absolute Gasteiger partial charge is 0.423 e. The fourth-order valence-corrected chi connectivity index (χ4v) is 4.73. The number of aromatic nitrogens is 3. The van der Waals surface area contributed by atoms with E-state index in [1.165, 1.54) is 10.7 Å². The average Bonchev–Trinajstić information content (AvgIpc) is 3.21. The molecule has 0 radical (unpaired) electrons. The van der Waals surface area contributed by atoms with Crippen LogP contribution in [0.25, 0.3) is 22.2 Å². The number of ether oxygens (including phenoxy) is 1. The molecule has 1 saturated heterocycles. The average molecular weight is 486 g/mol. The van der Waals surface area contributed by atoms with E-state index in [2.05, 4.69) is 15.6 Å². The Bertz CT molecular complexity index is 1300. The van der Waals surface area contributed by atoms with Gasteiger partial charge in [0.2, 0.25) is 5.91 Å². The molecular weight excluding hydrogens is 460 g/mol. The Labute approximate surface area is 198 Å². The van der Waals surface area contributed by atoms with Crippen LogP contribution in [-0.2, 0) is 28.9 Å². The minimum Gasteiger partial charge on any atom is -0.423 e. The molecule has 0 saturated carbocycles. The molecule has 3 heterocycles. The van der Waals surface area contributed by atoms with Crippen molar-refractivity contribution < 1.29 is 34.4 Å². The van der Waals surface area contributed by atoms with E-state index in [0.29, 0.717) is 17.7 Å². The van der Waals surface area contributed by atoms with Crippen LogP contribution < -0.4 is 10.9 Å². The van der Waals surface area contributed by atoms with E-state index in [-0.39, 0.29) is 6.54 Å². The van der Waals surface area contributed by atoms with Gasteiger partial charge < -0.3 is 34.9 Å². The van der Waals surface area contributed by atoms with E-state index in [9.17, 15) is 30.0 Å². The second kappa shape index (κ2) is 9.47. The van der Waals surface area contributed by atoms with Crippen LogP contribution in [0, 0.1) is 0 Å². The summed E-state index contributed by atoms with van der Waals surface area (Å²) in [7, 11) is 0. The monoisotopic (exact) mass is 486 g/mol. The van der Waals surface area contributed by atoms with Crippen molar-refractivity contribution in [3.63, 3.8) is 0 Å². The number of nitrogens with zero attached hydrogens (tertiary/aromatic N) is 3. The Kier molecular flexibility index (Phi) is 6.38. The van der Waals surface area contributed by atoms with Gasteiger partial charge in [0.1, 0.15) is 42.2 Å². The quantitative estimate of drug-likeness (QED) is 0.283. The first-order valence-electron chi connectivity index (χ1n) is 11.4. The third kappa shape index (κ3) is 4.46. The van der Waals surface area contributed by atoms with Gasteiger partial charge in [-0.2, -0.15) is 0 Å². The Balaban J connectivity index is 1.41. The van der Waals surface area contributed by atoms with Crippen LogP contribution >= 0.6 is 0 Å². The minimum atomic E-state index is -1.61. The minimum absolute atomic E-state index is 0.240. The van der Waals surface area contributed by atoms with Crippen LogP contribution in [0.2, 0.25) is 0 Å². The Morgan fingerprint density at radius 3 is 2.74 bits per heavy atom. The fourth-order valence-electron chi connectivity index (χ4n) is 4.73. The van der Waals surface area contributed by atoms with Gasteiger partial charge in [-0.1, -0.05) is 5.21 Å². The number of carbonyl (C=O) groups excluding carboxylic acids is 1. The van der Waals surface area contributed by atoms with E-state index in [0.717, 1.165) is 41.5 Å². The number of aryl methyl sites for hydroxylation is 1. The second-order valence-electron chi connectivity index (χ2n) is 8.87. The Hall–Kier alpha value is -3.16. The number of hydrogen-bond acceptors (Lipinski definition) is 10. The van der Waals surface area contributed by atoms with Crippen molar-refractivity contribution in [2.45, 2.75) is 62.9 Å². The summed E-state index contributed by atoms with van der Waals surface area (Å²) in [5.74, 6) is -0.578. The molecule has 35 heavy (non-hydrogen) atoms. The number of fused-ring (bicyclic) bond motifs is 4. The molecule has 1 aliphatic heterocycles. The maximum absolute atomic E-state index is 12.8. The summed E-state index contributed by atoms with van der Waals surface area (Å²) >= 11 is 0. The molecule has 2 aliphatic rings. The lowest BCUT2D eigenvalue weighted by molar-refractivity contribution is -0.253. The molecule has 1 amide bonds. The highest BCUT2D eigenvalue weighted by Crippen LogP contribution is 2.33. The highest BCUT2D eigenvalue weighted by molar-refractivity contribution is 5.85. The van der Waals surface area contributed by atoms with Gasteiger partial charge in [-0.3, -0.25) is 4.79 Å². The van der Waals surface area contributed by atoms with Crippen molar-refractivity contribution in [1.82, 2.24) is 20.3 Å². The SMILES string of the molecule is O=C(Cn1nnc2c1CCCCc1cc3ccc(=O)oc3cc1-2)NC1C(O)OC(CO)[C@@H](O)[C@@H]1O. The molecule has 2 aromatic heterocycles. The van der Waals surface area contributed by atoms with Crippen LogP contribution in [0.15, 0.2) is 33.5 Å². The highest BCUT2D eigenvalue weighted by atomic mass is 16.6. The number of benzene rings is 1. The van der Waals surface area contributed by atoms with E-state index in [1.54, 1.807) is 12.1 Å². The molecule has 1 aliphatic carbocycles. The summed E-state index contributed by atoms with van der Waals surface area (Å²) in [4.78, 5) is 24.5. The Morgan fingerprint density at radius 1 is 1.14 bits per heavy atom. The molecule has 0 spiro atoms. The summed E-state index contributed by atoms with van der Waals surface area (Å²) in [5.41, 5.74) is 3.16. The molecule has 0 bridgehead atoms. The van der Waals surface area contributed by atoms with Crippen molar-refractivity contribution >= 4 is 16.9 Å². The second-order valence-corrected chi connectivity index (χ2v) is 8.87. The van der Waals surface area contributed by atoms with E-state index >= 15 is 0 Å². The summed E-state index contributed by atoms with van der Waals surface area (Å²) in [5, 5.41) is 51.4. The number of aliphatic hydroxyl groups excluding tert-OH is 4. The first-order valence-corrected chi connectivity index (χ1v) is 11.4. The van der Waals surface area contributed by atoms with Crippen LogP contribution in [-0.4, -0.2) is 78.6 Å². The van der Waals surface area contributed by atoms with Crippen LogP contribution in [0.5, 0.6) is 0 Å². The summed E-state index contributed by atoms with van der Waals surface area (Å²) in [6.45, 7) is -0.836. The molecule has 5 N–H and O–H groups in total. The summed E-state index contributed by atoms with van der Waals surface area (Å²) in [6.07, 6.45) is -2.58. The van der Waals surface area contributed by atoms with Crippen molar-refractivity contribution in [2.24, 2.45) is 0 Å². The molecule has 5 rings (SSSR count). The zero-order chi connectivity index (χ0) is 24.7. The molecule has 3 aromatic rings. The van der Waals surface area contributed by atoms with Crippen molar-refractivity contribution in [3.05, 3.63) is 45.9 Å². The van der Waals surface area contributed by atoms with E-state index < -0.39 is 48.8 Å². The predicted molar refractivity (Wildman–Crippen MR) is 120 cm³/mol. The van der Waals surface area contributed by atoms with Crippen molar-refractivity contribution in [2.75, 3.05) is 6.61 Å². The van der Waals surface area contributed by atoms with E-state index in [1.807, 2.05) is 6.07 Å². The molecular formula is C23H26N4O8. The van der Waals surface area contributed by atoms with Gasteiger partial charge in [0, 0.05) is 17.0 Å². The normalized spacial score (nSPS) is 26.5. The first kappa shape index (κ1) is 23.6. The third-order valence-corrected chi connectivity index (χ3v) is 6.57. The standard InChI is InChI=1S/C23H26N4O8/c28-10-16-21(31)22(32)20(23(33)35-16)24-17(29)9-27-14-4-2-1-3-11-7-12-5-6-18(30)34-15(12)8-13(11)19(14)25-26-27/h5-8,16,20-23,28,31-33H,1-4,9-10H2,(H,24,29)/t16?,20?,21-,22-,23?/m1/s1.